The van der Waals surface area contributed by atoms with Crippen LogP contribution in [0.25, 0.3) is 39.4 Å². The van der Waals surface area contributed by atoms with Gasteiger partial charge in [0, 0.05) is 52.8 Å². The predicted molar refractivity (Wildman–Crippen MR) is 139 cm³/mol. The number of rotatable bonds is 5. The maximum atomic E-state index is 6.24. The molecule has 5 aromatic rings. The van der Waals surface area contributed by atoms with Gasteiger partial charge in [0.2, 0.25) is 0 Å². The molecule has 0 saturated carbocycles. The van der Waals surface area contributed by atoms with Crippen LogP contribution in [0.3, 0.4) is 0 Å². The van der Waals surface area contributed by atoms with Crippen LogP contribution in [0.2, 0.25) is 0 Å². The van der Waals surface area contributed by atoms with Gasteiger partial charge in [0.25, 0.3) is 0 Å². The third kappa shape index (κ3) is 4.05. The number of nitrogens with zero attached hydrogens (tertiary/aromatic N) is 5. The lowest BCUT2D eigenvalue weighted by Gasteiger charge is -2.10. The number of pyridine rings is 2. The summed E-state index contributed by atoms with van der Waals surface area (Å²) in [4.78, 5) is 21.1. The van der Waals surface area contributed by atoms with Crippen molar-refractivity contribution in [1.29, 1.82) is 0 Å². The smallest absolute Gasteiger partial charge is 0.161 e. The van der Waals surface area contributed by atoms with Crippen LogP contribution in [-0.2, 0) is 13.0 Å². The molecular weight excluding hydrogens is 456 g/mol. The fraction of sp³-hybridized carbons (Fsp3) is 0.154. The number of aromatic amines is 2. The molecule has 5 aromatic heterocycles. The molecule has 6 rings (SSSR count). The van der Waals surface area contributed by atoms with Crippen molar-refractivity contribution >= 4 is 27.9 Å². The molecule has 9 heteroatoms. The molecule has 0 aliphatic heterocycles. The summed E-state index contributed by atoms with van der Waals surface area (Å²) in [6, 6.07) is 10.3. The molecule has 1 aliphatic carbocycles. The Bertz CT molecular complexity index is 1590. The first-order valence-electron chi connectivity index (χ1n) is 11.3. The van der Waals surface area contributed by atoms with Crippen LogP contribution in [0.5, 0.6) is 0 Å². The number of thiophene rings is 1. The SMILES string of the molecule is CN(C)Cc1cncc(-c2ccc3[nH]nc(-c4nc5c([nH]4)CC(N)=CC=C5c4cccs4)c3n2)c1. The molecule has 0 bridgehead atoms. The zero-order valence-electron chi connectivity index (χ0n) is 19.4. The van der Waals surface area contributed by atoms with E-state index in [2.05, 4.69) is 42.6 Å². The van der Waals surface area contributed by atoms with Crippen LogP contribution in [-0.4, -0.2) is 49.1 Å². The van der Waals surface area contributed by atoms with Gasteiger partial charge >= 0.3 is 0 Å². The maximum Gasteiger partial charge on any atom is 0.161 e. The average molecular weight is 481 g/mol. The quantitative estimate of drug-likeness (QED) is 0.344. The number of fused-ring (bicyclic) bond motifs is 2. The summed E-state index contributed by atoms with van der Waals surface area (Å²) in [6.07, 6.45) is 8.33. The molecule has 0 spiro atoms. The molecule has 0 radical (unpaired) electrons. The van der Waals surface area contributed by atoms with Gasteiger partial charge in [0.15, 0.2) is 11.5 Å². The van der Waals surface area contributed by atoms with E-state index in [1.165, 1.54) is 0 Å². The normalized spacial score (nSPS) is 13.6. The molecule has 4 N–H and O–H groups in total. The number of aromatic nitrogens is 6. The monoisotopic (exact) mass is 480 g/mol. The summed E-state index contributed by atoms with van der Waals surface area (Å²) in [5.41, 5.74) is 15.2. The summed E-state index contributed by atoms with van der Waals surface area (Å²) in [5.74, 6) is 0.669. The van der Waals surface area contributed by atoms with E-state index in [1.54, 1.807) is 11.3 Å². The standard InChI is InChI=1S/C26H24N8S/c1-34(2)14-15-10-16(13-28-12-15)19-7-8-20-24(29-19)25(33-32-20)26-30-21-11-17(27)5-6-18(23(21)31-26)22-4-3-9-35-22/h3-10,12-13H,11,14,27H2,1-2H3,(H,30,31)(H,32,33). The first-order valence-corrected chi connectivity index (χ1v) is 12.2. The van der Waals surface area contributed by atoms with Crippen molar-refractivity contribution in [3.63, 3.8) is 0 Å². The van der Waals surface area contributed by atoms with E-state index in [0.29, 0.717) is 17.9 Å². The van der Waals surface area contributed by atoms with Crippen molar-refractivity contribution in [3.05, 3.63) is 87.8 Å². The molecule has 5 heterocycles. The Kier molecular flexibility index (Phi) is 5.28. The number of allylic oxidation sites excluding steroid dienone is 3. The highest BCUT2D eigenvalue weighted by molar-refractivity contribution is 7.11. The van der Waals surface area contributed by atoms with Crippen LogP contribution in [0.4, 0.5) is 0 Å². The second-order valence-corrected chi connectivity index (χ2v) is 9.82. The third-order valence-electron chi connectivity index (χ3n) is 5.89. The highest BCUT2D eigenvalue weighted by atomic mass is 32.1. The molecule has 0 amide bonds. The molecular formula is C26H24N8S. The Hall–Kier alpha value is -4.08. The molecule has 35 heavy (non-hydrogen) atoms. The summed E-state index contributed by atoms with van der Waals surface area (Å²) in [5, 5.41) is 9.73. The second-order valence-electron chi connectivity index (χ2n) is 8.87. The first-order chi connectivity index (χ1) is 17.0. The Morgan fingerprint density at radius 3 is 2.83 bits per heavy atom. The molecule has 0 saturated heterocycles. The highest BCUT2D eigenvalue weighted by Gasteiger charge is 2.22. The molecule has 0 aromatic carbocycles. The Morgan fingerprint density at radius 1 is 1.09 bits per heavy atom. The zero-order chi connectivity index (χ0) is 23.9. The van der Waals surface area contributed by atoms with E-state index >= 15 is 0 Å². The van der Waals surface area contributed by atoms with Gasteiger partial charge in [-0.15, -0.1) is 11.3 Å². The number of H-pyrrole nitrogens is 2. The highest BCUT2D eigenvalue weighted by Crippen LogP contribution is 2.34. The van der Waals surface area contributed by atoms with Crippen LogP contribution in [0, 0.1) is 0 Å². The Labute approximate surface area is 206 Å². The molecule has 0 unspecified atom stereocenters. The van der Waals surface area contributed by atoms with E-state index < -0.39 is 0 Å². The van der Waals surface area contributed by atoms with Crippen molar-refractivity contribution in [2.24, 2.45) is 5.73 Å². The van der Waals surface area contributed by atoms with Gasteiger partial charge in [-0.2, -0.15) is 5.10 Å². The lowest BCUT2D eigenvalue weighted by atomic mass is 10.1. The van der Waals surface area contributed by atoms with Crippen molar-refractivity contribution in [2.45, 2.75) is 13.0 Å². The average Bonchev–Trinajstić information content (AvgIpc) is 3.58. The van der Waals surface area contributed by atoms with Crippen molar-refractivity contribution < 1.29 is 0 Å². The summed E-state index contributed by atoms with van der Waals surface area (Å²) >= 11 is 1.68. The number of hydrogen-bond donors (Lipinski definition) is 3. The largest absolute Gasteiger partial charge is 0.402 e. The minimum atomic E-state index is 0.596. The van der Waals surface area contributed by atoms with Gasteiger partial charge in [-0.3, -0.25) is 10.1 Å². The molecule has 0 atom stereocenters. The van der Waals surface area contributed by atoms with Crippen LogP contribution >= 0.6 is 11.3 Å². The zero-order valence-corrected chi connectivity index (χ0v) is 20.2. The topological polar surface area (TPSA) is 112 Å². The number of hydrogen-bond acceptors (Lipinski definition) is 7. The lowest BCUT2D eigenvalue weighted by Crippen LogP contribution is -2.10. The number of nitrogens with two attached hydrogens (primary N) is 1. The van der Waals surface area contributed by atoms with E-state index in [4.69, 9.17) is 15.7 Å². The summed E-state index contributed by atoms with van der Waals surface area (Å²) < 4.78 is 0. The van der Waals surface area contributed by atoms with E-state index in [9.17, 15) is 0 Å². The lowest BCUT2D eigenvalue weighted by molar-refractivity contribution is 0.402. The van der Waals surface area contributed by atoms with Crippen molar-refractivity contribution in [2.75, 3.05) is 14.1 Å². The third-order valence-corrected chi connectivity index (χ3v) is 6.79. The van der Waals surface area contributed by atoms with Gasteiger partial charge in [0.05, 0.1) is 16.9 Å². The Morgan fingerprint density at radius 2 is 2.00 bits per heavy atom. The first kappa shape index (κ1) is 21.5. The second kappa shape index (κ2) is 8.61. The summed E-state index contributed by atoms with van der Waals surface area (Å²) in [6.45, 7) is 0.815. The fourth-order valence-electron chi connectivity index (χ4n) is 4.34. The van der Waals surface area contributed by atoms with Gasteiger partial charge < -0.3 is 15.6 Å². The fourth-order valence-corrected chi connectivity index (χ4v) is 5.09. The van der Waals surface area contributed by atoms with Crippen LogP contribution in [0.15, 0.2) is 66.0 Å². The van der Waals surface area contributed by atoms with Crippen LogP contribution in [0.1, 0.15) is 21.8 Å². The number of imidazole rings is 1. The predicted octanol–water partition coefficient (Wildman–Crippen LogP) is 4.36. The van der Waals surface area contributed by atoms with E-state index in [0.717, 1.165) is 61.9 Å². The van der Waals surface area contributed by atoms with E-state index in [-0.39, 0.29) is 0 Å². The Balaban J connectivity index is 1.43. The van der Waals surface area contributed by atoms with Crippen molar-refractivity contribution in [3.8, 4) is 22.8 Å². The molecule has 174 valence electrons. The number of nitrogens with one attached hydrogen (secondary N) is 2. The minimum Gasteiger partial charge on any atom is -0.402 e. The molecule has 1 aliphatic rings. The van der Waals surface area contributed by atoms with Gasteiger partial charge in [-0.05, 0) is 61.5 Å². The summed E-state index contributed by atoms with van der Waals surface area (Å²) in [7, 11) is 4.09. The van der Waals surface area contributed by atoms with Crippen molar-refractivity contribution in [1.82, 2.24) is 35.0 Å². The maximum absolute atomic E-state index is 6.24. The molecule has 0 fully saturated rings. The minimum absolute atomic E-state index is 0.596. The molecule has 8 nitrogen and oxygen atoms in total. The van der Waals surface area contributed by atoms with Gasteiger partial charge in [-0.1, -0.05) is 6.07 Å². The van der Waals surface area contributed by atoms with Gasteiger partial charge in [0.1, 0.15) is 5.52 Å². The van der Waals surface area contributed by atoms with Crippen LogP contribution < -0.4 is 5.73 Å². The van der Waals surface area contributed by atoms with E-state index in [1.807, 2.05) is 56.8 Å². The van der Waals surface area contributed by atoms with Gasteiger partial charge in [-0.25, -0.2) is 9.97 Å².